The lowest BCUT2D eigenvalue weighted by atomic mass is 10.1. The summed E-state index contributed by atoms with van der Waals surface area (Å²) in [6, 6.07) is 6.63. The van der Waals surface area contributed by atoms with Crippen LogP contribution < -0.4 is 4.73 Å². The number of rotatable bonds is 1. The molecule has 5 heteroatoms. The third-order valence-corrected chi connectivity index (χ3v) is 2.91. The van der Waals surface area contributed by atoms with E-state index in [0.29, 0.717) is 20.9 Å². The van der Waals surface area contributed by atoms with Gasteiger partial charge in [0.25, 0.3) is 0 Å². The minimum absolute atomic E-state index is 0.404. The summed E-state index contributed by atoms with van der Waals surface area (Å²) in [6.07, 6.45) is 1.41. The molecule has 2 aromatic rings. The fourth-order valence-electron chi connectivity index (χ4n) is 1.48. The van der Waals surface area contributed by atoms with Gasteiger partial charge in [0.2, 0.25) is 5.52 Å². The molecule has 1 aromatic carbocycles. The van der Waals surface area contributed by atoms with E-state index >= 15 is 0 Å². The average molecular weight is 282 g/mol. The van der Waals surface area contributed by atoms with E-state index in [4.69, 9.17) is 0 Å². The highest BCUT2D eigenvalue weighted by molar-refractivity contribution is 9.10. The summed E-state index contributed by atoms with van der Waals surface area (Å²) < 4.78 is 5.94. The molecule has 0 atom stereocenters. The Labute approximate surface area is 100 Å². The first-order valence-corrected chi connectivity index (χ1v) is 5.32. The molecule has 82 valence electrons. The molecule has 0 unspecified atom stereocenters. The van der Waals surface area contributed by atoms with Gasteiger partial charge in [0.1, 0.15) is 0 Å². The molecule has 1 heterocycles. The van der Waals surface area contributed by atoms with Crippen molar-refractivity contribution in [2.45, 2.75) is 0 Å². The summed E-state index contributed by atoms with van der Waals surface area (Å²) >= 11 is 3.24. The Morgan fingerprint density at radius 2 is 2.25 bits per heavy atom. The van der Waals surface area contributed by atoms with Crippen LogP contribution in [0.15, 0.2) is 34.9 Å². The van der Waals surface area contributed by atoms with E-state index < -0.39 is 5.97 Å². The van der Waals surface area contributed by atoms with Gasteiger partial charge in [0.05, 0.1) is 12.7 Å². The van der Waals surface area contributed by atoms with Crippen LogP contribution in [0, 0.1) is 5.21 Å². The summed E-state index contributed by atoms with van der Waals surface area (Å²) in [4.78, 5) is 11.4. The number of aromatic nitrogens is 1. The predicted octanol–water partition coefficient (Wildman–Crippen LogP) is 2.02. The van der Waals surface area contributed by atoms with Gasteiger partial charge in [0, 0.05) is 22.0 Å². The first kappa shape index (κ1) is 10.9. The van der Waals surface area contributed by atoms with E-state index in [0.717, 1.165) is 4.73 Å². The monoisotopic (exact) mass is 281 g/mol. The van der Waals surface area contributed by atoms with E-state index in [1.807, 2.05) is 0 Å². The number of hydrogen-bond donors (Lipinski definition) is 0. The number of nitrogens with zero attached hydrogens (tertiary/aromatic N) is 1. The molecule has 2 rings (SSSR count). The Kier molecular flexibility index (Phi) is 2.78. The number of carbonyl (C=O) groups excluding carboxylic acids is 1. The molecule has 0 aliphatic rings. The standard InChI is InChI=1S/C11H8BrNO3/c1-16-11(14)8-5-7-3-2-4-13(15)10(7)6-9(8)12/h2-6H,1H3. The van der Waals surface area contributed by atoms with Crippen molar-refractivity contribution in [2.24, 2.45) is 0 Å². The molecule has 0 N–H and O–H groups in total. The van der Waals surface area contributed by atoms with Crippen LogP contribution in [0.4, 0.5) is 0 Å². The maximum atomic E-state index is 11.5. The van der Waals surface area contributed by atoms with Crippen molar-refractivity contribution in [3.8, 4) is 0 Å². The second kappa shape index (κ2) is 4.09. The summed E-state index contributed by atoms with van der Waals surface area (Å²) in [5.74, 6) is -0.435. The molecule has 0 amide bonds. The molecule has 0 saturated heterocycles. The number of ether oxygens (including phenoxy) is 1. The molecule has 0 aliphatic carbocycles. The van der Waals surface area contributed by atoms with Crippen molar-refractivity contribution < 1.29 is 14.3 Å². The largest absolute Gasteiger partial charge is 0.618 e. The molecule has 0 radical (unpaired) electrons. The van der Waals surface area contributed by atoms with Gasteiger partial charge in [0.15, 0.2) is 6.20 Å². The second-order valence-electron chi connectivity index (χ2n) is 3.22. The third kappa shape index (κ3) is 1.74. The van der Waals surface area contributed by atoms with Gasteiger partial charge in [-0.05, 0) is 28.1 Å². The van der Waals surface area contributed by atoms with Gasteiger partial charge in [-0.25, -0.2) is 4.79 Å². The summed E-state index contributed by atoms with van der Waals surface area (Å²) in [7, 11) is 1.32. The fraction of sp³-hybridized carbons (Fsp3) is 0.0909. The van der Waals surface area contributed by atoms with Gasteiger partial charge < -0.3 is 9.94 Å². The van der Waals surface area contributed by atoms with Crippen LogP contribution in [0.5, 0.6) is 0 Å². The van der Waals surface area contributed by atoms with E-state index in [1.54, 1.807) is 24.3 Å². The Morgan fingerprint density at radius 1 is 1.50 bits per heavy atom. The number of carbonyl (C=O) groups is 1. The maximum Gasteiger partial charge on any atom is 0.339 e. The van der Waals surface area contributed by atoms with Crippen LogP contribution in [-0.4, -0.2) is 13.1 Å². The minimum Gasteiger partial charge on any atom is -0.618 e. The molecule has 0 saturated carbocycles. The van der Waals surface area contributed by atoms with Crippen LogP contribution in [0.3, 0.4) is 0 Å². The molecule has 0 fully saturated rings. The van der Waals surface area contributed by atoms with Crippen LogP contribution in [0.2, 0.25) is 0 Å². The predicted molar refractivity (Wildman–Crippen MR) is 61.9 cm³/mol. The van der Waals surface area contributed by atoms with Crippen LogP contribution >= 0.6 is 15.9 Å². The zero-order valence-corrected chi connectivity index (χ0v) is 10.0. The number of fused-ring (bicyclic) bond motifs is 1. The molecule has 1 aromatic heterocycles. The fourth-order valence-corrected chi connectivity index (χ4v) is 1.97. The molecule has 4 nitrogen and oxygen atoms in total. The van der Waals surface area contributed by atoms with Crippen molar-refractivity contribution in [1.29, 1.82) is 0 Å². The molecule has 0 bridgehead atoms. The number of hydrogen-bond acceptors (Lipinski definition) is 3. The first-order valence-electron chi connectivity index (χ1n) is 4.53. The van der Waals surface area contributed by atoms with Gasteiger partial charge in [-0.1, -0.05) is 0 Å². The Bertz CT molecular complexity index is 568. The lowest BCUT2D eigenvalue weighted by Crippen LogP contribution is -2.25. The number of pyridine rings is 1. The van der Waals surface area contributed by atoms with E-state index in [-0.39, 0.29) is 0 Å². The SMILES string of the molecule is COC(=O)c1cc2ccc[n+]([O-])c2cc1Br. The lowest BCUT2D eigenvalue weighted by molar-refractivity contribution is -0.577. The molecule has 0 spiro atoms. The Balaban J connectivity index is 2.72. The van der Waals surface area contributed by atoms with Crippen LogP contribution in [0.1, 0.15) is 10.4 Å². The Hall–Kier alpha value is -1.62. The summed E-state index contributed by atoms with van der Waals surface area (Å²) in [5, 5.41) is 12.2. The van der Waals surface area contributed by atoms with E-state index in [9.17, 15) is 10.0 Å². The Morgan fingerprint density at radius 3 is 2.94 bits per heavy atom. The normalized spacial score (nSPS) is 10.4. The van der Waals surface area contributed by atoms with Gasteiger partial charge in [-0.3, -0.25) is 0 Å². The van der Waals surface area contributed by atoms with Crippen molar-refractivity contribution in [1.82, 2.24) is 0 Å². The van der Waals surface area contributed by atoms with Crippen molar-refractivity contribution in [2.75, 3.05) is 7.11 Å². The van der Waals surface area contributed by atoms with Crippen LogP contribution in [-0.2, 0) is 4.74 Å². The van der Waals surface area contributed by atoms with Gasteiger partial charge in [-0.2, -0.15) is 4.73 Å². The highest BCUT2D eigenvalue weighted by atomic mass is 79.9. The van der Waals surface area contributed by atoms with Crippen molar-refractivity contribution >= 4 is 32.8 Å². The quantitative estimate of drug-likeness (QED) is 0.457. The molecular formula is C11H8BrNO3. The smallest absolute Gasteiger partial charge is 0.339 e. The second-order valence-corrected chi connectivity index (χ2v) is 4.07. The summed E-state index contributed by atoms with van der Waals surface area (Å²) in [6.45, 7) is 0. The van der Waals surface area contributed by atoms with Crippen LogP contribution in [0.25, 0.3) is 10.9 Å². The number of benzene rings is 1. The highest BCUT2D eigenvalue weighted by Crippen LogP contribution is 2.23. The summed E-state index contributed by atoms with van der Waals surface area (Å²) in [5.41, 5.74) is 0.906. The molecule has 16 heavy (non-hydrogen) atoms. The van der Waals surface area contributed by atoms with E-state index in [2.05, 4.69) is 20.7 Å². The lowest BCUT2D eigenvalue weighted by Gasteiger charge is -2.05. The van der Waals surface area contributed by atoms with Gasteiger partial charge >= 0.3 is 5.97 Å². The molecular weight excluding hydrogens is 274 g/mol. The first-order chi connectivity index (χ1) is 7.63. The minimum atomic E-state index is -0.435. The average Bonchev–Trinajstić information content (AvgIpc) is 2.29. The van der Waals surface area contributed by atoms with Gasteiger partial charge in [-0.15, -0.1) is 0 Å². The number of methoxy groups -OCH3 is 1. The zero-order valence-electron chi connectivity index (χ0n) is 8.44. The topological polar surface area (TPSA) is 53.2 Å². The number of halogens is 1. The van der Waals surface area contributed by atoms with E-state index in [1.165, 1.54) is 13.3 Å². The molecule has 0 aliphatic heterocycles. The number of esters is 1. The van der Waals surface area contributed by atoms with Crippen molar-refractivity contribution in [3.63, 3.8) is 0 Å². The zero-order chi connectivity index (χ0) is 11.7. The highest BCUT2D eigenvalue weighted by Gasteiger charge is 2.14. The third-order valence-electron chi connectivity index (χ3n) is 2.26. The maximum absolute atomic E-state index is 11.5. The van der Waals surface area contributed by atoms with Crippen molar-refractivity contribution in [3.05, 3.63) is 45.7 Å².